The van der Waals surface area contributed by atoms with E-state index in [0.29, 0.717) is 5.82 Å². The lowest BCUT2D eigenvalue weighted by molar-refractivity contribution is -0.118. The molecule has 0 atom stereocenters. The summed E-state index contributed by atoms with van der Waals surface area (Å²) in [6, 6.07) is 0. The molecule has 0 rings (SSSR count). The van der Waals surface area contributed by atoms with E-state index in [-0.39, 0.29) is 5.91 Å². The van der Waals surface area contributed by atoms with E-state index in [4.69, 9.17) is 0 Å². The third-order valence-corrected chi connectivity index (χ3v) is 0.748. The SMILES string of the molecule is C=N/C(=C\C)NC(C)=O. The van der Waals surface area contributed by atoms with E-state index >= 15 is 0 Å². The maximum absolute atomic E-state index is 10.3. The zero-order chi connectivity index (χ0) is 7.28. The Balaban J connectivity index is 3.86. The number of allylic oxidation sites excluding steroid dienone is 1. The molecule has 0 bridgehead atoms. The van der Waals surface area contributed by atoms with Crippen LogP contribution in [-0.4, -0.2) is 12.6 Å². The molecular formula is C6H10N2O. The van der Waals surface area contributed by atoms with Gasteiger partial charge in [0.15, 0.2) is 0 Å². The second kappa shape index (κ2) is 3.83. The van der Waals surface area contributed by atoms with Crippen LogP contribution in [0.4, 0.5) is 0 Å². The summed E-state index contributed by atoms with van der Waals surface area (Å²) in [5.74, 6) is 0.373. The summed E-state index contributed by atoms with van der Waals surface area (Å²) in [7, 11) is 0. The summed E-state index contributed by atoms with van der Waals surface area (Å²) >= 11 is 0. The zero-order valence-corrected chi connectivity index (χ0v) is 5.64. The molecule has 3 heteroatoms. The van der Waals surface area contributed by atoms with E-state index in [0.717, 1.165) is 0 Å². The predicted octanol–water partition coefficient (Wildman–Crippen LogP) is 0.684. The van der Waals surface area contributed by atoms with Gasteiger partial charge in [-0.3, -0.25) is 4.79 Å². The van der Waals surface area contributed by atoms with Gasteiger partial charge in [0.25, 0.3) is 0 Å². The van der Waals surface area contributed by atoms with Crippen molar-refractivity contribution < 1.29 is 4.79 Å². The van der Waals surface area contributed by atoms with Crippen LogP contribution in [0.15, 0.2) is 16.9 Å². The highest BCUT2D eigenvalue weighted by molar-refractivity contribution is 5.74. The number of nitrogens with zero attached hydrogens (tertiary/aromatic N) is 1. The molecule has 0 saturated heterocycles. The molecule has 0 aliphatic rings. The summed E-state index contributed by atoms with van der Waals surface area (Å²) in [5, 5.41) is 2.47. The molecule has 0 spiro atoms. The Morgan fingerprint density at radius 1 is 1.78 bits per heavy atom. The fraction of sp³-hybridized carbons (Fsp3) is 0.333. The van der Waals surface area contributed by atoms with E-state index < -0.39 is 0 Å². The monoisotopic (exact) mass is 126 g/mol. The zero-order valence-electron chi connectivity index (χ0n) is 5.64. The number of amides is 1. The highest BCUT2D eigenvalue weighted by atomic mass is 16.1. The van der Waals surface area contributed by atoms with E-state index in [1.54, 1.807) is 13.0 Å². The fourth-order valence-electron chi connectivity index (χ4n) is 0.383. The third kappa shape index (κ3) is 3.46. The topological polar surface area (TPSA) is 41.5 Å². The molecule has 3 nitrogen and oxygen atoms in total. The number of rotatable bonds is 2. The standard InChI is InChI=1S/C6H10N2O/c1-4-6(7-3)8-5(2)9/h4H,3H2,1-2H3,(H,8,9)/b6-4+. The number of hydrogen-bond donors (Lipinski definition) is 1. The smallest absolute Gasteiger partial charge is 0.222 e. The summed E-state index contributed by atoms with van der Waals surface area (Å²) in [6.45, 7) is 6.45. The average Bonchev–Trinajstić information content (AvgIpc) is 1.82. The minimum absolute atomic E-state index is 0.129. The first kappa shape index (κ1) is 7.88. The van der Waals surface area contributed by atoms with Gasteiger partial charge in [0.2, 0.25) is 5.91 Å². The predicted molar refractivity (Wildman–Crippen MR) is 37.1 cm³/mol. The first-order valence-corrected chi connectivity index (χ1v) is 2.61. The quantitative estimate of drug-likeness (QED) is 0.543. The average molecular weight is 126 g/mol. The van der Waals surface area contributed by atoms with Crippen LogP contribution in [0.1, 0.15) is 13.8 Å². The molecule has 50 valence electrons. The summed E-state index contributed by atoms with van der Waals surface area (Å²) in [5.41, 5.74) is 0. The van der Waals surface area contributed by atoms with Gasteiger partial charge in [-0.1, -0.05) is 0 Å². The Labute approximate surface area is 54.5 Å². The normalized spacial score (nSPS) is 10.7. The lowest BCUT2D eigenvalue weighted by Gasteiger charge is -1.97. The van der Waals surface area contributed by atoms with Crippen molar-refractivity contribution in [3.63, 3.8) is 0 Å². The Morgan fingerprint density at radius 2 is 2.33 bits per heavy atom. The maximum Gasteiger partial charge on any atom is 0.222 e. The van der Waals surface area contributed by atoms with Crippen LogP contribution in [-0.2, 0) is 4.79 Å². The van der Waals surface area contributed by atoms with Gasteiger partial charge < -0.3 is 5.32 Å². The van der Waals surface area contributed by atoms with Gasteiger partial charge in [-0.2, -0.15) is 0 Å². The van der Waals surface area contributed by atoms with E-state index in [1.807, 2.05) is 0 Å². The Bertz CT molecular complexity index is 149. The molecule has 0 radical (unpaired) electrons. The van der Waals surface area contributed by atoms with E-state index in [1.165, 1.54) is 6.92 Å². The number of carbonyl (C=O) groups is 1. The van der Waals surface area contributed by atoms with E-state index in [9.17, 15) is 4.79 Å². The van der Waals surface area contributed by atoms with Gasteiger partial charge in [0, 0.05) is 6.92 Å². The van der Waals surface area contributed by atoms with Crippen molar-refractivity contribution in [3.05, 3.63) is 11.9 Å². The van der Waals surface area contributed by atoms with Crippen molar-refractivity contribution in [1.29, 1.82) is 0 Å². The van der Waals surface area contributed by atoms with Crippen molar-refractivity contribution in [1.82, 2.24) is 5.32 Å². The van der Waals surface area contributed by atoms with Crippen molar-refractivity contribution in [2.24, 2.45) is 4.99 Å². The van der Waals surface area contributed by atoms with Crippen molar-refractivity contribution >= 4 is 12.6 Å². The molecule has 0 heterocycles. The lowest BCUT2D eigenvalue weighted by atomic mass is 10.5. The molecule has 0 fully saturated rings. The Kier molecular flexibility index (Phi) is 3.35. The minimum atomic E-state index is -0.129. The largest absolute Gasteiger partial charge is 0.311 e. The van der Waals surface area contributed by atoms with Crippen molar-refractivity contribution in [2.45, 2.75) is 13.8 Å². The van der Waals surface area contributed by atoms with Gasteiger partial charge in [0.05, 0.1) is 0 Å². The summed E-state index contributed by atoms with van der Waals surface area (Å²) < 4.78 is 0. The molecule has 0 aromatic heterocycles. The molecule has 0 aromatic carbocycles. The Hall–Kier alpha value is -1.12. The summed E-state index contributed by atoms with van der Waals surface area (Å²) in [6.07, 6.45) is 1.68. The van der Waals surface area contributed by atoms with Crippen LogP contribution in [0.3, 0.4) is 0 Å². The third-order valence-electron chi connectivity index (χ3n) is 0.748. The molecule has 9 heavy (non-hydrogen) atoms. The molecule has 1 N–H and O–H groups in total. The van der Waals surface area contributed by atoms with Gasteiger partial charge in [-0.15, -0.1) is 0 Å². The fourth-order valence-corrected chi connectivity index (χ4v) is 0.383. The molecule has 0 saturated carbocycles. The minimum Gasteiger partial charge on any atom is -0.311 e. The van der Waals surface area contributed by atoms with E-state index in [2.05, 4.69) is 17.0 Å². The summed E-state index contributed by atoms with van der Waals surface area (Å²) in [4.78, 5) is 13.9. The maximum atomic E-state index is 10.3. The van der Waals surface area contributed by atoms with Crippen LogP contribution >= 0.6 is 0 Å². The van der Waals surface area contributed by atoms with Gasteiger partial charge >= 0.3 is 0 Å². The van der Waals surface area contributed by atoms with Crippen LogP contribution < -0.4 is 5.32 Å². The second-order valence-electron chi connectivity index (χ2n) is 1.51. The first-order chi connectivity index (χ1) is 4.20. The lowest BCUT2D eigenvalue weighted by Crippen LogP contribution is -2.17. The number of carbonyl (C=O) groups excluding carboxylic acids is 1. The molecule has 0 aliphatic heterocycles. The molecule has 0 aromatic rings. The van der Waals surface area contributed by atoms with Crippen LogP contribution in [0, 0.1) is 0 Å². The van der Waals surface area contributed by atoms with Crippen LogP contribution in [0.2, 0.25) is 0 Å². The molecular weight excluding hydrogens is 116 g/mol. The van der Waals surface area contributed by atoms with Crippen LogP contribution in [0.25, 0.3) is 0 Å². The number of aliphatic imine (C=N–C) groups is 1. The van der Waals surface area contributed by atoms with Gasteiger partial charge in [0.1, 0.15) is 5.82 Å². The number of nitrogens with one attached hydrogen (secondary N) is 1. The van der Waals surface area contributed by atoms with Crippen molar-refractivity contribution in [2.75, 3.05) is 0 Å². The first-order valence-electron chi connectivity index (χ1n) is 2.61. The highest BCUT2D eigenvalue weighted by Gasteiger charge is 1.90. The molecule has 0 aliphatic carbocycles. The van der Waals surface area contributed by atoms with Gasteiger partial charge in [-0.05, 0) is 19.7 Å². The van der Waals surface area contributed by atoms with Gasteiger partial charge in [-0.25, -0.2) is 4.99 Å². The molecule has 0 unspecified atom stereocenters. The highest BCUT2D eigenvalue weighted by Crippen LogP contribution is 1.86. The van der Waals surface area contributed by atoms with Crippen LogP contribution in [0.5, 0.6) is 0 Å². The number of hydrogen-bond acceptors (Lipinski definition) is 2. The van der Waals surface area contributed by atoms with Crippen molar-refractivity contribution in [3.8, 4) is 0 Å². The Morgan fingerprint density at radius 3 is 2.44 bits per heavy atom. The molecule has 1 amide bonds. The second-order valence-corrected chi connectivity index (χ2v) is 1.51.